The van der Waals surface area contributed by atoms with E-state index in [1.807, 2.05) is 0 Å². The molecule has 0 heterocycles. The van der Waals surface area contributed by atoms with Crippen molar-refractivity contribution < 1.29 is 40.2 Å². The number of nitrogens with one attached hydrogen (secondary N) is 1. The summed E-state index contributed by atoms with van der Waals surface area (Å²) < 4.78 is 96.6. The summed E-state index contributed by atoms with van der Waals surface area (Å²) in [5.41, 5.74) is 2.15. The van der Waals surface area contributed by atoms with Crippen molar-refractivity contribution in [2.45, 2.75) is 24.1 Å². The second kappa shape index (κ2) is 11.9. The Kier molecular flexibility index (Phi) is 8.54. The number of methoxy groups -OCH3 is 1. The molecule has 1 unspecified atom stereocenters. The molecule has 0 saturated heterocycles. The molecule has 0 aromatic heterocycles. The predicted octanol–water partition coefficient (Wildman–Crippen LogP) is 6.59. The molecule has 11 heteroatoms. The lowest BCUT2D eigenvalue weighted by molar-refractivity contribution is -0.275. The Balaban J connectivity index is 1.67. The van der Waals surface area contributed by atoms with Gasteiger partial charge in [0.25, 0.3) is 0 Å². The molecular weight excluding hydrogens is 538 g/mol. The van der Waals surface area contributed by atoms with Gasteiger partial charge in [-0.1, -0.05) is 66.7 Å². The van der Waals surface area contributed by atoms with Crippen LogP contribution in [0, 0.1) is 5.82 Å². The molecule has 1 atom stereocenters. The number of sulfonamides is 1. The van der Waals surface area contributed by atoms with Crippen molar-refractivity contribution in [2.75, 3.05) is 7.11 Å². The fourth-order valence-corrected chi connectivity index (χ4v) is 5.03. The van der Waals surface area contributed by atoms with Gasteiger partial charge in [-0.25, -0.2) is 12.8 Å². The molecule has 4 aromatic carbocycles. The van der Waals surface area contributed by atoms with E-state index in [1.165, 1.54) is 37.4 Å². The first-order valence-corrected chi connectivity index (χ1v) is 13.0. The van der Waals surface area contributed by atoms with Crippen LogP contribution in [-0.4, -0.2) is 21.9 Å². The highest BCUT2D eigenvalue weighted by Gasteiger charge is 2.34. The zero-order valence-electron chi connectivity index (χ0n) is 20.5. The van der Waals surface area contributed by atoms with Crippen LogP contribution in [0.4, 0.5) is 17.6 Å². The van der Waals surface area contributed by atoms with Gasteiger partial charge in [0, 0.05) is 5.56 Å². The van der Waals surface area contributed by atoms with Crippen LogP contribution in [-0.2, 0) is 21.4 Å². The Bertz CT molecular complexity index is 1510. The molecule has 0 fully saturated rings. The first-order chi connectivity index (χ1) is 18.6. The zero-order valence-corrected chi connectivity index (χ0v) is 21.3. The lowest BCUT2D eigenvalue weighted by Crippen LogP contribution is -2.31. The molecule has 0 aliphatic carbocycles. The fourth-order valence-electron chi connectivity index (χ4n) is 3.78. The maximum absolute atomic E-state index is 13.9. The third kappa shape index (κ3) is 7.34. The van der Waals surface area contributed by atoms with Crippen molar-refractivity contribution in [3.05, 3.63) is 114 Å². The van der Waals surface area contributed by atoms with Crippen LogP contribution in [0.15, 0.2) is 102 Å². The highest BCUT2D eigenvalue weighted by Crippen LogP contribution is 2.33. The first kappa shape index (κ1) is 28.1. The largest absolute Gasteiger partial charge is 0.573 e. The van der Waals surface area contributed by atoms with E-state index in [-0.39, 0.29) is 6.61 Å². The van der Waals surface area contributed by atoms with Crippen molar-refractivity contribution in [3.63, 3.8) is 0 Å². The summed E-state index contributed by atoms with van der Waals surface area (Å²) in [5, 5.41) is 0. The molecule has 0 aliphatic rings. The summed E-state index contributed by atoms with van der Waals surface area (Å²) in [7, 11) is -3.11. The van der Waals surface area contributed by atoms with Crippen LogP contribution in [0.25, 0.3) is 11.1 Å². The van der Waals surface area contributed by atoms with Gasteiger partial charge in [-0.3, -0.25) is 0 Å². The second-order valence-corrected chi connectivity index (χ2v) is 9.94. The quantitative estimate of drug-likeness (QED) is 0.175. The monoisotopic (exact) mass is 561 g/mol. The number of alkyl halides is 3. The molecule has 4 rings (SSSR count). The minimum absolute atomic E-state index is 0.00576. The van der Waals surface area contributed by atoms with Crippen LogP contribution in [0.1, 0.15) is 17.4 Å². The van der Waals surface area contributed by atoms with Crippen molar-refractivity contribution in [1.82, 2.24) is 4.72 Å². The van der Waals surface area contributed by atoms with Crippen LogP contribution in [0.2, 0.25) is 0 Å². The Labute approximate surface area is 222 Å². The molecule has 0 saturated carbocycles. The number of hydrogen-bond acceptors (Lipinski definition) is 5. The average Bonchev–Trinajstić information content (AvgIpc) is 2.91. The number of ether oxygens (including phenoxy) is 3. The van der Waals surface area contributed by atoms with E-state index in [4.69, 9.17) is 9.47 Å². The zero-order chi connectivity index (χ0) is 28.0. The number of halogens is 4. The lowest BCUT2D eigenvalue weighted by atomic mass is 10.0. The Morgan fingerprint density at radius 1 is 0.846 bits per heavy atom. The summed E-state index contributed by atoms with van der Waals surface area (Å²) >= 11 is 0. The highest BCUT2D eigenvalue weighted by atomic mass is 32.2. The highest BCUT2D eigenvalue weighted by molar-refractivity contribution is 7.89. The number of benzene rings is 4. The van der Waals surface area contributed by atoms with Crippen LogP contribution < -0.4 is 14.2 Å². The fraction of sp³-hybridized carbons (Fsp3) is 0.143. The van der Waals surface area contributed by atoms with Gasteiger partial charge in [0.15, 0.2) is 0 Å². The molecule has 204 valence electrons. The lowest BCUT2D eigenvalue weighted by Gasteiger charge is -2.21. The van der Waals surface area contributed by atoms with Crippen LogP contribution >= 0.6 is 0 Å². The molecule has 0 amide bonds. The van der Waals surface area contributed by atoms with Crippen LogP contribution in [0.3, 0.4) is 0 Å². The SMILES string of the molecule is COc1ccc(F)cc1-c1ccc(C(NS(=O)(=O)c2ccccc2OC(F)(F)F)OCc2ccccc2)cc1. The van der Waals surface area contributed by atoms with Gasteiger partial charge in [0.05, 0.1) is 13.7 Å². The van der Waals surface area contributed by atoms with Gasteiger partial charge in [-0.15, -0.1) is 13.2 Å². The molecule has 0 aliphatic heterocycles. The molecular formula is C28H23F4NO5S. The van der Waals surface area contributed by atoms with Gasteiger partial charge in [-0.05, 0) is 47.0 Å². The van der Waals surface area contributed by atoms with E-state index in [9.17, 15) is 26.0 Å². The predicted molar refractivity (Wildman–Crippen MR) is 136 cm³/mol. The van der Waals surface area contributed by atoms with Crippen molar-refractivity contribution in [3.8, 4) is 22.6 Å². The molecule has 0 spiro atoms. The molecule has 6 nitrogen and oxygen atoms in total. The molecule has 1 N–H and O–H groups in total. The van der Waals surface area contributed by atoms with E-state index in [1.54, 1.807) is 54.6 Å². The van der Waals surface area contributed by atoms with E-state index < -0.39 is 39.1 Å². The van der Waals surface area contributed by atoms with Gasteiger partial charge < -0.3 is 14.2 Å². The molecule has 0 bridgehead atoms. The Morgan fingerprint density at radius 2 is 1.51 bits per heavy atom. The van der Waals surface area contributed by atoms with E-state index in [0.29, 0.717) is 22.4 Å². The Morgan fingerprint density at radius 3 is 2.18 bits per heavy atom. The summed E-state index contributed by atoms with van der Waals surface area (Å²) in [5.74, 6) is -0.915. The van der Waals surface area contributed by atoms with E-state index >= 15 is 0 Å². The second-order valence-electron chi connectivity index (χ2n) is 8.26. The standard InChI is InChI=1S/C28H23F4NO5S/c1-36-24-16-15-22(29)17-23(24)20-11-13-21(14-12-20)27(37-18-19-7-3-2-4-8-19)33-39(34,35)26-10-6-5-9-25(26)38-28(30,31)32/h2-17,27,33H,18H2,1H3. The first-order valence-electron chi connectivity index (χ1n) is 11.5. The minimum atomic E-state index is -5.09. The topological polar surface area (TPSA) is 73.9 Å². The smallest absolute Gasteiger partial charge is 0.496 e. The number of rotatable bonds is 10. The van der Waals surface area contributed by atoms with Gasteiger partial charge in [-0.2, -0.15) is 4.72 Å². The number of hydrogen-bond donors (Lipinski definition) is 1. The molecule has 4 aromatic rings. The van der Waals surface area contributed by atoms with Gasteiger partial charge in [0.2, 0.25) is 10.0 Å². The third-order valence-corrected chi connectivity index (χ3v) is 7.01. The van der Waals surface area contributed by atoms with E-state index in [0.717, 1.165) is 17.7 Å². The maximum Gasteiger partial charge on any atom is 0.573 e. The average molecular weight is 562 g/mol. The summed E-state index contributed by atoms with van der Waals surface area (Å²) in [4.78, 5) is -0.711. The van der Waals surface area contributed by atoms with Crippen molar-refractivity contribution in [2.24, 2.45) is 0 Å². The van der Waals surface area contributed by atoms with Crippen molar-refractivity contribution in [1.29, 1.82) is 0 Å². The van der Waals surface area contributed by atoms with E-state index in [2.05, 4.69) is 9.46 Å². The van der Waals surface area contributed by atoms with Gasteiger partial charge >= 0.3 is 6.36 Å². The van der Waals surface area contributed by atoms with Crippen LogP contribution in [0.5, 0.6) is 11.5 Å². The Hall–Kier alpha value is -3.93. The van der Waals surface area contributed by atoms with Gasteiger partial charge in [0.1, 0.15) is 28.4 Å². The summed E-state index contributed by atoms with van der Waals surface area (Å²) in [6, 6.07) is 23.8. The maximum atomic E-state index is 13.9. The van der Waals surface area contributed by atoms with Crippen molar-refractivity contribution >= 4 is 10.0 Å². The normalized spacial score (nSPS) is 12.6. The molecule has 39 heavy (non-hydrogen) atoms. The molecule has 0 radical (unpaired) electrons. The summed E-state index contributed by atoms with van der Waals surface area (Å²) in [6.45, 7) is -0.00576. The number of para-hydroxylation sites is 1. The summed E-state index contributed by atoms with van der Waals surface area (Å²) in [6.07, 6.45) is -6.39. The minimum Gasteiger partial charge on any atom is -0.496 e. The third-order valence-electron chi connectivity index (χ3n) is 5.57.